The van der Waals surface area contributed by atoms with Crippen molar-refractivity contribution in [1.82, 2.24) is 19.9 Å². The van der Waals surface area contributed by atoms with Gasteiger partial charge in [-0.1, -0.05) is 0 Å². The molecule has 2 aromatic heterocycles. The van der Waals surface area contributed by atoms with Gasteiger partial charge in [-0.25, -0.2) is 9.97 Å². The van der Waals surface area contributed by atoms with Gasteiger partial charge in [0.15, 0.2) is 5.65 Å². The minimum Gasteiger partial charge on any atom is -0.370 e. The number of fused-ring (bicyclic) bond motifs is 1. The van der Waals surface area contributed by atoms with Gasteiger partial charge in [-0.05, 0) is 30.9 Å². The Labute approximate surface area is 136 Å². The second kappa shape index (κ2) is 6.58. The van der Waals surface area contributed by atoms with Crippen LogP contribution < -0.4 is 5.32 Å². The molecule has 1 aliphatic heterocycles. The number of nitrogens with zero attached hydrogens (tertiary/aromatic N) is 4. The number of piperidine rings is 1. The van der Waals surface area contributed by atoms with Crippen LogP contribution in [0.3, 0.4) is 0 Å². The standard InChI is InChI=1S/C15H16F3N5O/c16-15(17,18)14(24)23-7-3-10(4-8-23)9-21-12-2-1-11-13(22-12)20-6-5-19-11/h1-2,5-6,10H,3-4,7-9H2,(H,20,21,22). The maximum absolute atomic E-state index is 12.4. The highest BCUT2D eigenvalue weighted by atomic mass is 19.4. The molecular weight excluding hydrogens is 323 g/mol. The van der Waals surface area contributed by atoms with E-state index in [2.05, 4.69) is 20.3 Å². The van der Waals surface area contributed by atoms with Crippen LogP contribution in [0.5, 0.6) is 0 Å². The van der Waals surface area contributed by atoms with Gasteiger partial charge in [0.1, 0.15) is 11.3 Å². The van der Waals surface area contributed by atoms with Crippen molar-refractivity contribution < 1.29 is 18.0 Å². The van der Waals surface area contributed by atoms with E-state index in [0.717, 1.165) is 4.90 Å². The third-order valence-corrected chi connectivity index (χ3v) is 4.05. The lowest BCUT2D eigenvalue weighted by molar-refractivity contribution is -0.186. The molecule has 1 fully saturated rings. The van der Waals surface area contributed by atoms with Gasteiger partial charge in [-0.3, -0.25) is 9.78 Å². The molecule has 24 heavy (non-hydrogen) atoms. The molecule has 0 bridgehead atoms. The Morgan fingerprint density at radius 1 is 1.21 bits per heavy atom. The van der Waals surface area contributed by atoms with Crippen molar-refractivity contribution in [1.29, 1.82) is 0 Å². The lowest BCUT2D eigenvalue weighted by Gasteiger charge is -2.32. The molecule has 0 spiro atoms. The maximum Gasteiger partial charge on any atom is 0.471 e. The third-order valence-electron chi connectivity index (χ3n) is 4.05. The molecule has 0 unspecified atom stereocenters. The molecule has 9 heteroatoms. The summed E-state index contributed by atoms with van der Waals surface area (Å²) in [5.41, 5.74) is 1.23. The molecule has 1 N–H and O–H groups in total. The van der Waals surface area contributed by atoms with Gasteiger partial charge in [0.25, 0.3) is 0 Å². The number of nitrogens with one attached hydrogen (secondary N) is 1. The quantitative estimate of drug-likeness (QED) is 0.929. The molecule has 0 aliphatic carbocycles. The molecule has 3 rings (SSSR count). The van der Waals surface area contributed by atoms with E-state index in [9.17, 15) is 18.0 Å². The summed E-state index contributed by atoms with van der Waals surface area (Å²) in [5.74, 6) is -0.901. The van der Waals surface area contributed by atoms with Crippen molar-refractivity contribution in [3.63, 3.8) is 0 Å². The molecule has 3 heterocycles. The molecule has 0 atom stereocenters. The average molecular weight is 339 g/mol. The van der Waals surface area contributed by atoms with Gasteiger partial charge in [0, 0.05) is 32.0 Å². The van der Waals surface area contributed by atoms with E-state index in [0.29, 0.717) is 36.4 Å². The van der Waals surface area contributed by atoms with E-state index in [1.807, 2.05) is 6.07 Å². The second-order valence-electron chi connectivity index (χ2n) is 5.71. The Hall–Kier alpha value is -2.45. The Bertz CT molecular complexity index is 728. The number of hydrogen-bond acceptors (Lipinski definition) is 5. The average Bonchev–Trinajstić information content (AvgIpc) is 2.59. The SMILES string of the molecule is O=C(N1CCC(CNc2ccc3nccnc3n2)CC1)C(F)(F)F. The first-order valence-corrected chi connectivity index (χ1v) is 7.61. The van der Waals surface area contributed by atoms with Crippen LogP contribution in [0.15, 0.2) is 24.5 Å². The normalized spacial score (nSPS) is 16.4. The number of likely N-dealkylation sites (tertiary alicyclic amines) is 1. The fourth-order valence-electron chi connectivity index (χ4n) is 2.72. The van der Waals surface area contributed by atoms with Crippen molar-refractivity contribution in [3.8, 4) is 0 Å². The van der Waals surface area contributed by atoms with Gasteiger partial charge in [0.2, 0.25) is 0 Å². The monoisotopic (exact) mass is 339 g/mol. The van der Waals surface area contributed by atoms with Crippen LogP contribution in [0.1, 0.15) is 12.8 Å². The number of pyridine rings is 1. The predicted octanol–water partition coefficient (Wildman–Crippen LogP) is 2.24. The van der Waals surface area contributed by atoms with Crippen LogP contribution in [0.4, 0.5) is 19.0 Å². The van der Waals surface area contributed by atoms with Crippen molar-refractivity contribution in [2.24, 2.45) is 5.92 Å². The van der Waals surface area contributed by atoms with E-state index in [-0.39, 0.29) is 19.0 Å². The molecule has 0 radical (unpaired) electrons. The van der Waals surface area contributed by atoms with Crippen LogP contribution in [0, 0.1) is 5.92 Å². The third kappa shape index (κ3) is 3.72. The molecular formula is C15H16F3N5O. The summed E-state index contributed by atoms with van der Waals surface area (Å²) in [6, 6.07) is 3.60. The second-order valence-corrected chi connectivity index (χ2v) is 5.71. The van der Waals surface area contributed by atoms with Crippen molar-refractivity contribution in [3.05, 3.63) is 24.5 Å². The van der Waals surface area contributed by atoms with Crippen LogP contribution >= 0.6 is 0 Å². The highest BCUT2D eigenvalue weighted by molar-refractivity contribution is 5.81. The molecule has 0 aromatic carbocycles. The minimum absolute atomic E-state index is 0.126. The largest absolute Gasteiger partial charge is 0.471 e. The first-order chi connectivity index (χ1) is 11.4. The number of carbonyl (C=O) groups is 1. The Balaban J connectivity index is 1.52. The van der Waals surface area contributed by atoms with Crippen LogP contribution in [0.25, 0.3) is 11.2 Å². The summed E-state index contributed by atoms with van der Waals surface area (Å²) in [5, 5.41) is 3.18. The number of alkyl halides is 3. The number of carbonyl (C=O) groups excluding carboxylic acids is 1. The smallest absolute Gasteiger partial charge is 0.370 e. The zero-order chi connectivity index (χ0) is 17.2. The summed E-state index contributed by atoms with van der Waals surface area (Å²) in [4.78, 5) is 24.7. The van der Waals surface area contributed by atoms with Crippen molar-refractivity contribution in [2.75, 3.05) is 25.0 Å². The Morgan fingerprint density at radius 3 is 2.62 bits per heavy atom. The number of hydrogen-bond donors (Lipinski definition) is 1. The Kier molecular flexibility index (Phi) is 4.50. The molecule has 1 amide bonds. The lowest BCUT2D eigenvalue weighted by Crippen LogP contribution is -2.46. The van der Waals surface area contributed by atoms with Crippen LogP contribution in [-0.2, 0) is 4.79 Å². The fourth-order valence-corrected chi connectivity index (χ4v) is 2.72. The highest BCUT2D eigenvalue weighted by Gasteiger charge is 2.43. The summed E-state index contributed by atoms with van der Waals surface area (Å²) in [7, 11) is 0. The van der Waals surface area contributed by atoms with Crippen molar-refractivity contribution >= 4 is 22.9 Å². The topological polar surface area (TPSA) is 71.0 Å². The van der Waals surface area contributed by atoms with Crippen LogP contribution in [0.2, 0.25) is 0 Å². The predicted molar refractivity (Wildman–Crippen MR) is 81.2 cm³/mol. The van der Waals surface area contributed by atoms with Crippen molar-refractivity contribution in [2.45, 2.75) is 19.0 Å². The van der Waals surface area contributed by atoms with Gasteiger partial charge in [-0.2, -0.15) is 13.2 Å². The van der Waals surface area contributed by atoms with Gasteiger partial charge < -0.3 is 10.2 Å². The van der Waals surface area contributed by atoms with Gasteiger partial charge in [-0.15, -0.1) is 0 Å². The van der Waals surface area contributed by atoms with Gasteiger partial charge >= 0.3 is 12.1 Å². The molecule has 2 aromatic rings. The number of aromatic nitrogens is 3. The van der Waals surface area contributed by atoms with E-state index in [1.165, 1.54) is 0 Å². The molecule has 1 aliphatic rings. The highest BCUT2D eigenvalue weighted by Crippen LogP contribution is 2.24. The summed E-state index contributed by atoms with van der Waals surface area (Å²) in [6.07, 6.45) is -0.578. The molecule has 1 saturated heterocycles. The summed E-state index contributed by atoms with van der Waals surface area (Å²) >= 11 is 0. The molecule has 128 valence electrons. The van der Waals surface area contributed by atoms with E-state index in [4.69, 9.17) is 0 Å². The van der Waals surface area contributed by atoms with E-state index < -0.39 is 12.1 Å². The molecule has 0 saturated carbocycles. The first-order valence-electron chi connectivity index (χ1n) is 7.61. The van der Waals surface area contributed by atoms with E-state index in [1.54, 1.807) is 18.5 Å². The van der Waals surface area contributed by atoms with Crippen LogP contribution in [-0.4, -0.2) is 51.6 Å². The number of amides is 1. The number of halogens is 3. The van der Waals surface area contributed by atoms with Gasteiger partial charge in [0.05, 0.1) is 0 Å². The first kappa shape index (κ1) is 16.4. The maximum atomic E-state index is 12.4. The fraction of sp³-hybridized carbons (Fsp3) is 0.467. The summed E-state index contributed by atoms with van der Waals surface area (Å²) in [6.45, 7) is 0.843. The Morgan fingerprint density at radius 2 is 1.92 bits per heavy atom. The zero-order valence-corrected chi connectivity index (χ0v) is 12.8. The minimum atomic E-state index is -4.79. The molecule has 6 nitrogen and oxygen atoms in total. The zero-order valence-electron chi connectivity index (χ0n) is 12.8. The lowest BCUT2D eigenvalue weighted by atomic mass is 9.96. The summed E-state index contributed by atoms with van der Waals surface area (Å²) < 4.78 is 37.2. The number of anilines is 1. The van der Waals surface area contributed by atoms with E-state index >= 15 is 0 Å². The number of rotatable bonds is 3.